The highest BCUT2D eigenvalue weighted by atomic mass is 19.1. The molecule has 2 aliphatic rings. The van der Waals surface area contributed by atoms with Crippen molar-refractivity contribution in [2.75, 3.05) is 45.2 Å². The number of likely N-dealkylation sites (N-methyl/N-ethyl adjacent to an activating group) is 1. The van der Waals surface area contributed by atoms with Gasteiger partial charge in [-0.25, -0.2) is 14.4 Å². The van der Waals surface area contributed by atoms with E-state index in [1.54, 1.807) is 18.3 Å². The molecule has 1 aromatic carbocycles. The molecule has 0 bridgehead atoms. The molecule has 7 nitrogen and oxygen atoms in total. The van der Waals surface area contributed by atoms with Crippen molar-refractivity contribution >= 4 is 11.7 Å². The normalized spacial score (nSPS) is 22.6. The summed E-state index contributed by atoms with van der Waals surface area (Å²) in [6, 6.07) is 5.80. The second kappa shape index (κ2) is 9.50. The number of benzene rings is 1. The SMILES string of the molecule is Cc1cccc(F)c1CN1C[C@H](C2CCN(c3cnc(C(N)=O)cn3)CC2)[C@@H](N(C)C)C1. The number of hydrogen-bond acceptors (Lipinski definition) is 6. The van der Waals surface area contributed by atoms with E-state index in [1.165, 1.54) is 6.20 Å². The van der Waals surface area contributed by atoms with Gasteiger partial charge in [0.15, 0.2) is 0 Å². The van der Waals surface area contributed by atoms with Crippen LogP contribution in [0.15, 0.2) is 30.6 Å². The summed E-state index contributed by atoms with van der Waals surface area (Å²) in [4.78, 5) is 26.7. The zero-order chi connectivity index (χ0) is 22.8. The van der Waals surface area contributed by atoms with Crippen LogP contribution in [0.3, 0.4) is 0 Å². The van der Waals surface area contributed by atoms with Crippen molar-refractivity contribution in [1.29, 1.82) is 0 Å². The van der Waals surface area contributed by atoms with Gasteiger partial charge in [-0.2, -0.15) is 0 Å². The first kappa shape index (κ1) is 22.6. The van der Waals surface area contributed by atoms with Crippen LogP contribution in [0.2, 0.25) is 0 Å². The molecule has 0 radical (unpaired) electrons. The summed E-state index contributed by atoms with van der Waals surface area (Å²) in [5.41, 5.74) is 7.29. The zero-order valence-electron chi connectivity index (χ0n) is 19.2. The van der Waals surface area contributed by atoms with Gasteiger partial charge >= 0.3 is 0 Å². The molecule has 0 aliphatic carbocycles. The quantitative estimate of drug-likeness (QED) is 0.743. The number of piperidine rings is 1. The Labute approximate surface area is 189 Å². The summed E-state index contributed by atoms with van der Waals surface area (Å²) in [6.45, 7) is 6.45. The second-order valence-corrected chi connectivity index (χ2v) is 9.37. The van der Waals surface area contributed by atoms with Gasteiger partial charge in [-0.1, -0.05) is 12.1 Å². The lowest BCUT2D eigenvalue weighted by Crippen LogP contribution is -2.43. The van der Waals surface area contributed by atoms with Gasteiger partial charge in [-0.15, -0.1) is 0 Å². The third kappa shape index (κ3) is 4.76. The molecule has 2 aliphatic heterocycles. The smallest absolute Gasteiger partial charge is 0.268 e. The van der Waals surface area contributed by atoms with E-state index >= 15 is 0 Å². The number of hydrogen-bond donors (Lipinski definition) is 1. The van der Waals surface area contributed by atoms with Crippen LogP contribution in [0.25, 0.3) is 0 Å². The first-order chi connectivity index (χ1) is 15.3. The highest BCUT2D eigenvalue weighted by Gasteiger charge is 2.40. The summed E-state index contributed by atoms with van der Waals surface area (Å²) in [5, 5.41) is 0. The molecule has 4 rings (SSSR count). The maximum absolute atomic E-state index is 14.4. The van der Waals surface area contributed by atoms with Gasteiger partial charge < -0.3 is 15.5 Å². The molecule has 2 N–H and O–H groups in total. The number of aryl methyl sites for hydroxylation is 1. The minimum Gasteiger partial charge on any atom is -0.364 e. The minimum absolute atomic E-state index is 0.105. The Kier molecular flexibility index (Phi) is 6.71. The predicted octanol–water partition coefficient (Wildman–Crippen LogP) is 2.30. The van der Waals surface area contributed by atoms with Crippen LogP contribution in [-0.4, -0.2) is 72.0 Å². The van der Waals surface area contributed by atoms with E-state index in [1.807, 2.05) is 13.0 Å². The average molecular weight is 441 g/mol. The van der Waals surface area contributed by atoms with Crippen molar-refractivity contribution in [1.82, 2.24) is 19.8 Å². The van der Waals surface area contributed by atoms with E-state index in [2.05, 4.69) is 38.8 Å². The molecule has 0 saturated carbocycles. The van der Waals surface area contributed by atoms with Crippen LogP contribution in [0.1, 0.15) is 34.5 Å². The number of aromatic nitrogens is 2. The Morgan fingerprint density at radius 2 is 1.94 bits per heavy atom. The van der Waals surface area contributed by atoms with Gasteiger partial charge in [-0.05, 0) is 57.3 Å². The van der Waals surface area contributed by atoms with E-state index in [0.717, 1.165) is 56.0 Å². The third-order valence-electron chi connectivity index (χ3n) is 7.17. The summed E-state index contributed by atoms with van der Waals surface area (Å²) >= 11 is 0. The molecule has 1 aromatic heterocycles. The Morgan fingerprint density at radius 3 is 2.53 bits per heavy atom. The zero-order valence-corrected chi connectivity index (χ0v) is 19.2. The molecule has 1 amide bonds. The highest BCUT2D eigenvalue weighted by molar-refractivity contribution is 5.90. The number of likely N-dealkylation sites (tertiary alicyclic amines) is 1. The van der Waals surface area contributed by atoms with Gasteiger partial charge in [0.05, 0.1) is 12.4 Å². The first-order valence-electron chi connectivity index (χ1n) is 11.3. The highest BCUT2D eigenvalue weighted by Crippen LogP contribution is 2.35. The first-order valence-corrected chi connectivity index (χ1v) is 11.3. The monoisotopic (exact) mass is 440 g/mol. The van der Waals surface area contributed by atoms with Crippen molar-refractivity contribution < 1.29 is 9.18 Å². The lowest BCUT2D eigenvalue weighted by Gasteiger charge is -2.38. The number of carbonyl (C=O) groups is 1. The van der Waals surface area contributed by atoms with Gasteiger partial charge in [0, 0.05) is 44.3 Å². The number of nitrogens with zero attached hydrogens (tertiary/aromatic N) is 5. The fraction of sp³-hybridized carbons (Fsp3) is 0.542. The van der Waals surface area contributed by atoms with E-state index in [9.17, 15) is 9.18 Å². The molecular weight excluding hydrogens is 407 g/mol. The summed E-state index contributed by atoms with van der Waals surface area (Å²) in [7, 11) is 4.31. The maximum atomic E-state index is 14.4. The van der Waals surface area contributed by atoms with Crippen LogP contribution < -0.4 is 10.6 Å². The summed E-state index contributed by atoms with van der Waals surface area (Å²) in [5.74, 6) is 1.30. The molecular formula is C24H33FN6O. The second-order valence-electron chi connectivity index (χ2n) is 9.37. The molecule has 2 fully saturated rings. The van der Waals surface area contributed by atoms with Gasteiger partial charge in [0.1, 0.15) is 17.3 Å². The topological polar surface area (TPSA) is 78.6 Å². The van der Waals surface area contributed by atoms with Crippen molar-refractivity contribution in [3.63, 3.8) is 0 Å². The molecule has 172 valence electrons. The molecule has 2 aromatic rings. The average Bonchev–Trinajstić information content (AvgIpc) is 3.21. The van der Waals surface area contributed by atoms with Gasteiger partial charge in [0.25, 0.3) is 5.91 Å². The standard InChI is InChI=1S/C24H33FN6O/c1-16-5-4-6-20(25)18(16)13-30-14-19(22(15-30)29(2)3)17-7-9-31(10-8-17)23-12-27-21(11-28-23)24(26)32/h4-6,11-12,17,19,22H,7-10,13-15H2,1-3H3,(H2,26,32)/t19-,22+/m1/s1. The van der Waals surface area contributed by atoms with Crippen molar-refractivity contribution in [2.24, 2.45) is 17.6 Å². The van der Waals surface area contributed by atoms with Crippen molar-refractivity contribution in [2.45, 2.75) is 32.4 Å². The Hall–Kier alpha value is -2.58. The van der Waals surface area contributed by atoms with E-state index in [4.69, 9.17) is 5.73 Å². The van der Waals surface area contributed by atoms with Crippen LogP contribution in [0, 0.1) is 24.6 Å². The van der Waals surface area contributed by atoms with Crippen LogP contribution in [0.5, 0.6) is 0 Å². The molecule has 2 saturated heterocycles. The number of carbonyl (C=O) groups excluding carboxylic acids is 1. The fourth-order valence-electron chi connectivity index (χ4n) is 5.29. The van der Waals surface area contributed by atoms with Crippen LogP contribution in [0.4, 0.5) is 10.2 Å². The van der Waals surface area contributed by atoms with Crippen molar-refractivity contribution in [3.8, 4) is 0 Å². The minimum atomic E-state index is -0.561. The molecule has 0 unspecified atom stereocenters. The summed E-state index contributed by atoms with van der Waals surface area (Å²) in [6.07, 6.45) is 5.25. The van der Waals surface area contributed by atoms with Crippen molar-refractivity contribution in [3.05, 3.63) is 53.2 Å². The lowest BCUT2D eigenvalue weighted by molar-refractivity contribution is 0.0995. The number of halogens is 1. The van der Waals surface area contributed by atoms with E-state index < -0.39 is 5.91 Å². The Morgan fingerprint density at radius 1 is 1.19 bits per heavy atom. The number of anilines is 1. The molecule has 8 heteroatoms. The number of amides is 1. The number of primary amides is 1. The van der Waals surface area contributed by atoms with Gasteiger partial charge in [0.2, 0.25) is 0 Å². The summed E-state index contributed by atoms with van der Waals surface area (Å²) < 4.78 is 14.4. The largest absolute Gasteiger partial charge is 0.364 e. The molecule has 0 spiro atoms. The molecule has 32 heavy (non-hydrogen) atoms. The predicted molar refractivity (Wildman–Crippen MR) is 123 cm³/mol. The van der Waals surface area contributed by atoms with Crippen LogP contribution in [-0.2, 0) is 6.54 Å². The third-order valence-corrected chi connectivity index (χ3v) is 7.17. The maximum Gasteiger partial charge on any atom is 0.268 e. The van der Waals surface area contributed by atoms with Crippen LogP contribution >= 0.6 is 0 Å². The fourth-order valence-corrected chi connectivity index (χ4v) is 5.29. The Bertz CT molecular complexity index is 922. The van der Waals surface area contributed by atoms with E-state index in [-0.39, 0.29) is 11.5 Å². The number of rotatable bonds is 6. The lowest BCUT2D eigenvalue weighted by atomic mass is 9.81. The van der Waals surface area contributed by atoms with Gasteiger partial charge in [-0.3, -0.25) is 9.69 Å². The Balaban J connectivity index is 1.40. The molecule has 3 heterocycles. The molecule has 2 atom stereocenters. The van der Waals surface area contributed by atoms with E-state index in [0.29, 0.717) is 24.4 Å². The number of nitrogens with two attached hydrogens (primary N) is 1.